The molecule has 1 aliphatic rings. The number of rotatable bonds is 4. The van der Waals surface area contributed by atoms with E-state index in [0.717, 1.165) is 50.1 Å². The fraction of sp³-hybridized carbons (Fsp3) is 0.562. The summed E-state index contributed by atoms with van der Waals surface area (Å²) >= 11 is 0. The summed E-state index contributed by atoms with van der Waals surface area (Å²) in [5, 5.41) is 13.1. The summed E-state index contributed by atoms with van der Waals surface area (Å²) in [6, 6.07) is 5.56. The summed E-state index contributed by atoms with van der Waals surface area (Å²) in [4.78, 5) is 14.3. The van der Waals surface area contributed by atoms with Gasteiger partial charge in [0.2, 0.25) is 5.91 Å². The summed E-state index contributed by atoms with van der Waals surface area (Å²) in [5.74, 6) is 0.582. The van der Waals surface area contributed by atoms with Crippen LogP contribution in [0.25, 0.3) is 0 Å². The van der Waals surface area contributed by atoms with Crippen molar-refractivity contribution in [3.63, 3.8) is 0 Å². The van der Waals surface area contributed by atoms with Crippen LogP contribution in [0.5, 0.6) is 5.75 Å². The van der Waals surface area contributed by atoms with Crippen LogP contribution in [0, 0.1) is 12.8 Å². The lowest BCUT2D eigenvalue weighted by Gasteiger charge is -2.29. The number of aryl methyl sites for hydroxylation is 1. The molecule has 4 nitrogen and oxygen atoms in total. The van der Waals surface area contributed by atoms with Gasteiger partial charge in [-0.3, -0.25) is 4.79 Å². The second-order valence-corrected chi connectivity index (χ2v) is 5.59. The summed E-state index contributed by atoms with van der Waals surface area (Å²) in [7, 11) is 0. The molecule has 1 saturated heterocycles. The van der Waals surface area contributed by atoms with Crippen molar-refractivity contribution in [2.24, 2.45) is 5.92 Å². The number of piperazine rings is 1. The number of phenols is 1. The molecule has 1 unspecified atom stereocenters. The molecule has 0 spiro atoms. The molecule has 1 heterocycles. The molecule has 0 radical (unpaired) electrons. The molecule has 1 fully saturated rings. The SMILES string of the molecule is Cc1cccc(O)c1CCC(C)C(=O)N1CCNCC1. The van der Waals surface area contributed by atoms with E-state index in [0.29, 0.717) is 5.75 Å². The van der Waals surface area contributed by atoms with Crippen LogP contribution in [0.2, 0.25) is 0 Å². The van der Waals surface area contributed by atoms with E-state index >= 15 is 0 Å². The first-order valence-corrected chi connectivity index (χ1v) is 7.36. The number of carbonyl (C=O) groups is 1. The van der Waals surface area contributed by atoms with Crippen molar-refractivity contribution in [2.45, 2.75) is 26.7 Å². The molecule has 0 saturated carbocycles. The number of phenolic OH excluding ortho intramolecular Hbond substituents is 1. The summed E-state index contributed by atoms with van der Waals surface area (Å²) in [5.41, 5.74) is 2.05. The summed E-state index contributed by atoms with van der Waals surface area (Å²) in [6.45, 7) is 7.36. The number of carbonyl (C=O) groups excluding carboxylic acids is 1. The first-order valence-electron chi connectivity index (χ1n) is 7.36. The Morgan fingerprint density at radius 3 is 2.75 bits per heavy atom. The normalized spacial score (nSPS) is 17.0. The van der Waals surface area contributed by atoms with Crippen LogP contribution in [0.15, 0.2) is 18.2 Å². The first-order chi connectivity index (χ1) is 9.59. The van der Waals surface area contributed by atoms with Gasteiger partial charge in [-0.1, -0.05) is 19.1 Å². The van der Waals surface area contributed by atoms with E-state index in [1.807, 2.05) is 30.9 Å². The molecule has 4 heteroatoms. The average molecular weight is 276 g/mol. The second kappa shape index (κ2) is 6.75. The quantitative estimate of drug-likeness (QED) is 0.880. The van der Waals surface area contributed by atoms with E-state index < -0.39 is 0 Å². The molecule has 1 amide bonds. The Morgan fingerprint density at radius 1 is 1.40 bits per heavy atom. The Balaban J connectivity index is 1.91. The molecule has 0 aliphatic carbocycles. The number of nitrogens with zero attached hydrogens (tertiary/aromatic N) is 1. The Kier molecular flexibility index (Phi) is 5.01. The zero-order chi connectivity index (χ0) is 14.5. The zero-order valence-electron chi connectivity index (χ0n) is 12.4. The van der Waals surface area contributed by atoms with Crippen molar-refractivity contribution >= 4 is 5.91 Å². The van der Waals surface area contributed by atoms with Crippen molar-refractivity contribution in [1.82, 2.24) is 10.2 Å². The van der Waals surface area contributed by atoms with Crippen molar-refractivity contribution in [1.29, 1.82) is 0 Å². The Labute approximate surface area is 120 Å². The van der Waals surface area contributed by atoms with Crippen LogP contribution >= 0.6 is 0 Å². The van der Waals surface area contributed by atoms with Crippen molar-refractivity contribution < 1.29 is 9.90 Å². The molecule has 1 atom stereocenters. The molecular formula is C16H24N2O2. The lowest BCUT2D eigenvalue weighted by molar-refractivity contribution is -0.135. The molecule has 0 aromatic heterocycles. The average Bonchev–Trinajstić information content (AvgIpc) is 2.46. The molecule has 0 bridgehead atoms. The maximum atomic E-state index is 12.3. The molecular weight excluding hydrogens is 252 g/mol. The highest BCUT2D eigenvalue weighted by molar-refractivity contribution is 5.78. The van der Waals surface area contributed by atoms with E-state index in [-0.39, 0.29) is 11.8 Å². The fourth-order valence-electron chi connectivity index (χ4n) is 2.69. The topological polar surface area (TPSA) is 52.6 Å². The Morgan fingerprint density at radius 2 is 2.10 bits per heavy atom. The third-order valence-electron chi connectivity index (χ3n) is 4.06. The maximum Gasteiger partial charge on any atom is 0.225 e. The highest BCUT2D eigenvalue weighted by Crippen LogP contribution is 2.23. The van der Waals surface area contributed by atoms with Crippen LogP contribution in [-0.4, -0.2) is 42.1 Å². The van der Waals surface area contributed by atoms with Gasteiger partial charge in [0, 0.05) is 32.1 Å². The van der Waals surface area contributed by atoms with E-state index in [4.69, 9.17) is 0 Å². The van der Waals surface area contributed by atoms with Gasteiger partial charge in [-0.05, 0) is 37.0 Å². The van der Waals surface area contributed by atoms with Gasteiger partial charge >= 0.3 is 0 Å². The van der Waals surface area contributed by atoms with Gasteiger partial charge in [0.25, 0.3) is 0 Å². The summed E-state index contributed by atoms with van der Waals surface area (Å²) in [6.07, 6.45) is 1.53. The predicted octanol–water partition coefficient (Wildman–Crippen LogP) is 1.70. The van der Waals surface area contributed by atoms with Gasteiger partial charge in [0.1, 0.15) is 5.75 Å². The Hall–Kier alpha value is -1.55. The smallest absolute Gasteiger partial charge is 0.225 e. The van der Waals surface area contributed by atoms with E-state index in [1.54, 1.807) is 6.07 Å². The molecule has 1 aliphatic heterocycles. The molecule has 1 aromatic carbocycles. The van der Waals surface area contributed by atoms with E-state index in [1.165, 1.54) is 0 Å². The van der Waals surface area contributed by atoms with Crippen molar-refractivity contribution in [2.75, 3.05) is 26.2 Å². The largest absolute Gasteiger partial charge is 0.508 e. The number of amides is 1. The third-order valence-corrected chi connectivity index (χ3v) is 4.06. The minimum Gasteiger partial charge on any atom is -0.508 e. The number of hydrogen-bond donors (Lipinski definition) is 2. The summed E-state index contributed by atoms with van der Waals surface area (Å²) < 4.78 is 0. The second-order valence-electron chi connectivity index (χ2n) is 5.59. The lowest BCUT2D eigenvalue weighted by atomic mass is 9.96. The van der Waals surface area contributed by atoms with Crippen molar-refractivity contribution in [3.8, 4) is 5.75 Å². The number of benzene rings is 1. The Bertz CT molecular complexity index is 447. The highest BCUT2D eigenvalue weighted by Gasteiger charge is 2.22. The fourth-order valence-corrected chi connectivity index (χ4v) is 2.69. The van der Waals surface area contributed by atoms with Crippen LogP contribution in [0.3, 0.4) is 0 Å². The van der Waals surface area contributed by atoms with Gasteiger partial charge in [0.15, 0.2) is 0 Å². The third kappa shape index (κ3) is 3.51. The lowest BCUT2D eigenvalue weighted by Crippen LogP contribution is -2.48. The van der Waals surface area contributed by atoms with Crippen LogP contribution in [-0.2, 0) is 11.2 Å². The van der Waals surface area contributed by atoms with Gasteiger partial charge < -0.3 is 15.3 Å². The highest BCUT2D eigenvalue weighted by atomic mass is 16.3. The minimum absolute atomic E-state index is 0.00658. The van der Waals surface area contributed by atoms with Gasteiger partial charge in [-0.2, -0.15) is 0 Å². The monoisotopic (exact) mass is 276 g/mol. The van der Waals surface area contributed by atoms with Crippen LogP contribution in [0.1, 0.15) is 24.5 Å². The first kappa shape index (κ1) is 14.9. The molecule has 2 N–H and O–H groups in total. The number of nitrogens with one attached hydrogen (secondary N) is 1. The molecule has 20 heavy (non-hydrogen) atoms. The van der Waals surface area contributed by atoms with E-state index in [2.05, 4.69) is 5.32 Å². The maximum absolute atomic E-state index is 12.3. The zero-order valence-corrected chi connectivity index (χ0v) is 12.4. The van der Waals surface area contributed by atoms with Crippen LogP contribution < -0.4 is 5.32 Å². The molecule has 2 rings (SSSR count). The van der Waals surface area contributed by atoms with E-state index in [9.17, 15) is 9.90 Å². The van der Waals surface area contributed by atoms with Gasteiger partial charge in [-0.25, -0.2) is 0 Å². The number of hydrogen-bond acceptors (Lipinski definition) is 3. The number of aromatic hydroxyl groups is 1. The molecule has 1 aromatic rings. The molecule has 110 valence electrons. The predicted molar refractivity (Wildman–Crippen MR) is 79.8 cm³/mol. The van der Waals surface area contributed by atoms with Crippen LogP contribution in [0.4, 0.5) is 0 Å². The van der Waals surface area contributed by atoms with Gasteiger partial charge in [-0.15, -0.1) is 0 Å². The van der Waals surface area contributed by atoms with Gasteiger partial charge in [0.05, 0.1) is 0 Å². The van der Waals surface area contributed by atoms with Crippen molar-refractivity contribution in [3.05, 3.63) is 29.3 Å². The standard InChI is InChI=1S/C16H24N2O2/c1-12-4-3-5-15(19)14(12)7-6-13(2)16(20)18-10-8-17-9-11-18/h3-5,13,17,19H,6-11H2,1-2H3. The minimum atomic E-state index is 0.00658.